The lowest BCUT2D eigenvalue weighted by molar-refractivity contribution is 0.152. The van der Waals surface area contributed by atoms with E-state index in [0.29, 0.717) is 11.5 Å². The van der Waals surface area contributed by atoms with Gasteiger partial charge in [-0.05, 0) is 83.3 Å². The molecule has 0 saturated heterocycles. The Kier molecular flexibility index (Phi) is 10.1. The lowest BCUT2D eigenvalue weighted by Crippen LogP contribution is -2.13. The average Bonchev–Trinajstić information content (AvgIpc) is 2.95. The summed E-state index contributed by atoms with van der Waals surface area (Å²) in [6.07, 6.45) is 8.97. The fraction of sp³-hybridized carbons (Fsp3) is 0.286. The molecule has 0 aliphatic rings. The Morgan fingerprint density at radius 3 is 1.11 bits per heavy atom. The highest BCUT2D eigenvalue weighted by atomic mass is 16.7. The van der Waals surface area contributed by atoms with Crippen LogP contribution in [0.5, 0.6) is 11.5 Å². The molecule has 196 valence electrons. The van der Waals surface area contributed by atoms with E-state index in [1.165, 1.54) is 49.7 Å². The molecule has 0 atom stereocenters. The van der Waals surface area contributed by atoms with E-state index in [4.69, 9.17) is 9.47 Å². The number of hydrogen-bond donors (Lipinski definition) is 0. The van der Waals surface area contributed by atoms with Crippen molar-refractivity contribution < 1.29 is 14.3 Å². The van der Waals surface area contributed by atoms with Crippen molar-refractivity contribution in [3.63, 3.8) is 0 Å². The Morgan fingerprint density at radius 1 is 0.474 bits per heavy atom. The third kappa shape index (κ3) is 8.08. The Labute approximate surface area is 227 Å². The van der Waals surface area contributed by atoms with Crippen LogP contribution >= 0.6 is 0 Å². The van der Waals surface area contributed by atoms with Gasteiger partial charge in [0.2, 0.25) is 0 Å². The summed E-state index contributed by atoms with van der Waals surface area (Å²) in [5.41, 5.74) is 7.18. The lowest BCUT2D eigenvalue weighted by atomic mass is 10.0. The van der Waals surface area contributed by atoms with Crippen LogP contribution in [-0.2, 0) is 12.8 Å². The normalized spacial score (nSPS) is 10.8. The first-order valence-electron chi connectivity index (χ1n) is 13.9. The fourth-order valence-electron chi connectivity index (χ4n) is 4.53. The molecule has 3 nitrogen and oxygen atoms in total. The van der Waals surface area contributed by atoms with Crippen molar-refractivity contribution in [2.24, 2.45) is 0 Å². The molecule has 4 aromatic rings. The largest absolute Gasteiger partial charge is 0.519 e. The molecule has 0 heterocycles. The van der Waals surface area contributed by atoms with Crippen LogP contribution in [0.1, 0.15) is 63.5 Å². The molecule has 0 bridgehead atoms. The predicted molar refractivity (Wildman–Crippen MR) is 157 cm³/mol. The first-order valence-corrected chi connectivity index (χ1v) is 13.9. The van der Waals surface area contributed by atoms with Gasteiger partial charge in [-0.2, -0.15) is 0 Å². The number of aryl methyl sites for hydroxylation is 2. The molecule has 4 rings (SSSR count). The van der Waals surface area contributed by atoms with Crippen molar-refractivity contribution in [2.75, 3.05) is 0 Å². The number of benzene rings is 4. The molecule has 0 amide bonds. The van der Waals surface area contributed by atoms with Gasteiger partial charge in [-0.3, -0.25) is 0 Å². The van der Waals surface area contributed by atoms with E-state index in [9.17, 15) is 4.79 Å². The highest BCUT2D eigenvalue weighted by molar-refractivity contribution is 5.70. The summed E-state index contributed by atoms with van der Waals surface area (Å²) in [6, 6.07) is 32.4. The first kappa shape index (κ1) is 27.2. The zero-order valence-corrected chi connectivity index (χ0v) is 22.6. The van der Waals surface area contributed by atoms with E-state index in [1.54, 1.807) is 24.3 Å². The zero-order chi connectivity index (χ0) is 26.6. The minimum Gasteiger partial charge on any atom is -0.395 e. The van der Waals surface area contributed by atoms with Gasteiger partial charge >= 0.3 is 6.16 Å². The number of carbonyl (C=O) groups is 1. The minimum absolute atomic E-state index is 0.450. The van der Waals surface area contributed by atoms with Crippen molar-refractivity contribution in [2.45, 2.75) is 65.2 Å². The molecule has 3 heteroatoms. The quantitative estimate of drug-likeness (QED) is 0.109. The summed E-state index contributed by atoms with van der Waals surface area (Å²) in [5, 5.41) is 0. The summed E-state index contributed by atoms with van der Waals surface area (Å²) in [5.74, 6) is 0.899. The summed E-state index contributed by atoms with van der Waals surface area (Å²) in [4.78, 5) is 12.3. The SMILES string of the molecule is CCCCCc1ccc(-c2ccc(OC(=O)Oc3ccc(-c4ccc(CCCCC)cc4)cc3)cc2)cc1. The second kappa shape index (κ2) is 14.2. The van der Waals surface area contributed by atoms with Gasteiger partial charge in [-0.15, -0.1) is 0 Å². The van der Waals surface area contributed by atoms with Crippen LogP contribution < -0.4 is 9.47 Å². The number of ether oxygens (including phenoxy) is 2. The monoisotopic (exact) mass is 506 g/mol. The smallest absolute Gasteiger partial charge is 0.395 e. The highest BCUT2D eigenvalue weighted by Crippen LogP contribution is 2.26. The molecule has 0 spiro atoms. The van der Waals surface area contributed by atoms with E-state index >= 15 is 0 Å². The molecule has 0 aliphatic heterocycles. The molecule has 38 heavy (non-hydrogen) atoms. The average molecular weight is 507 g/mol. The van der Waals surface area contributed by atoms with E-state index in [1.807, 2.05) is 24.3 Å². The van der Waals surface area contributed by atoms with Crippen molar-refractivity contribution in [3.05, 3.63) is 108 Å². The second-order valence-electron chi connectivity index (χ2n) is 9.81. The number of hydrogen-bond acceptors (Lipinski definition) is 3. The molecule has 0 fully saturated rings. The molecular weight excluding hydrogens is 468 g/mol. The molecular formula is C35H38O3. The standard InChI is InChI=1S/C35H38O3/c1-3-5-7-9-27-11-15-29(16-12-27)31-19-23-33(24-20-31)37-35(36)38-34-25-21-32(22-26-34)30-17-13-28(14-18-30)10-8-6-4-2/h11-26H,3-10H2,1-2H3. The van der Waals surface area contributed by atoms with Gasteiger partial charge in [-0.25, -0.2) is 4.79 Å². The Bertz CT molecular complexity index is 1150. The number of carbonyl (C=O) groups excluding carboxylic acids is 1. The van der Waals surface area contributed by atoms with Crippen LogP contribution in [0.2, 0.25) is 0 Å². The summed E-state index contributed by atoms with van der Waals surface area (Å²) in [7, 11) is 0. The molecule has 4 aromatic carbocycles. The van der Waals surface area contributed by atoms with Gasteiger partial charge in [0, 0.05) is 0 Å². The maximum atomic E-state index is 12.3. The van der Waals surface area contributed by atoms with E-state index in [0.717, 1.165) is 35.1 Å². The van der Waals surface area contributed by atoms with Crippen molar-refractivity contribution >= 4 is 6.16 Å². The molecule has 0 N–H and O–H groups in total. The highest BCUT2D eigenvalue weighted by Gasteiger charge is 2.09. The Hall–Kier alpha value is -3.85. The van der Waals surface area contributed by atoms with Crippen LogP contribution in [0.15, 0.2) is 97.1 Å². The van der Waals surface area contributed by atoms with Crippen LogP contribution in [0.4, 0.5) is 4.79 Å². The van der Waals surface area contributed by atoms with E-state index in [-0.39, 0.29) is 0 Å². The van der Waals surface area contributed by atoms with E-state index < -0.39 is 6.16 Å². The van der Waals surface area contributed by atoms with Gasteiger partial charge in [0.25, 0.3) is 0 Å². The van der Waals surface area contributed by atoms with Crippen molar-refractivity contribution in [1.29, 1.82) is 0 Å². The topological polar surface area (TPSA) is 35.5 Å². The molecule has 0 radical (unpaired) electrons. The van der Waals surface area contributed by atoms with Gasteiger partial charge in [-0.1, -0.05) is 112 Å². The molecule has 0 aromatic heterocycles. The van der Waals surface area contributed by atoms with Gasteiger partial charge in [0.05, 0.1) is 0 Å². The molecule has 0 unspecified atom stereocenters. The van der Waals surface area contributed by atoms with Crippen LogP contribution in [0, 0.1) is 0 Å². The van der Waals surface area contributed by atoms with E-state index in [2.05, 4.69) is 62.4 Å². The Balaban J connectivity index is 1.28. The first-order chi connectivity index (χ1) is 18.6. The van der Waals surface area contributed by atoms with Gasteiger partial charge in [0.15, 0.2) is 0 Å². The fourth-order valence-corrected chi connectivity index (χ4v) is 4.53. The van der Waals surface area contributed by atoms with Gasteiger partial charge < -0.3 is 9.47 Å². The third-order valence-corrected chi connectivity index (χ3v) is 6.82. The lowest BCUT2D eigenvalue weighted by Gasteiger charge is -2.09. The van der Waals surface area contributed by atoms with Crippen LogP contribution in [-0.4, -0.2) is 6.16 Å². The summed E-state index contributed by atoms with van der Waals surface area (Å²) < 4.78 is 10.8. The van der Waals surface area contributed by atoms with Gasteiger partial charge in [0.1, 0.15) is 11.5 Å². The number of rotatable bonds is 12. The zero-order valence-electron chi connectivity index (χ0n) is 22.6. The molecule has 0 aliphatic carbocycles. The maximum Gasteiger partial charge on any atom is 0.519 e. The maximum absolute atomic E-state index is 12.3. The number of unbranched alkanes of at least 4 members (excludes halogenated alkanes) is 4. The molecule has 0 saturated carbocycles. The Morgan fingerprint density at radius 2 is 0.789 bits per heavy atom. The second-order valence-corrected chi connectivity index (χ2v) is 9.81. The third-order valence-electron chi connectivity index (χ3n) is 6.82. The van der Waals surface area contributed by atoms with Crippen molar-refractivity contribution in [1.82, 2.24) is 0 Å². The van der Waals surface area contributed by atoms with Crippen LogP contribution in [0.25, 0.3) is 22.3 Å². The summed E-state index contributed by atoms with van der Waals surface area (Å²) >= 11 is 0. The minimum atomic E-state index is -0.752. The predicted octanol–water partition coefficient (Wildman–Crippen LogP) is 10.1. The van der Waals surface area contributed by atoms with Crippen molar-refractivity contribution in [3.8, 4) is 33.8 Å². The van der Waals surface area contributed by atoms with Crippen LogP contribution in [0.3, 0.4) is 0 Å². The summed E-state index contributed by atoms with van der Waals surface area (Å²) in [6.45, 7) is 4.45.